The van der Waals surface area contributed by atoms with E-state index >= 15 is 0 Å². The molecule has 0 amide bonds. The SMILES string of the molecule is CCC(C)CC(C)C(C)CC(C)C(C)CCCCCCCC1CCCC2OC12. The lowest BCUT2D eigenvalue weighted by Crippen LogP contribution is -2.18. The predicted octanol–water partition coefficient (Wildman–Crippen LogP) is 8.66. The Balaban J connectivity index is 1.46. The zero-order chi connectivity index (χ0) is 20.5. The highest BCUT2D eigenvalue weighted by atomic mass is 16.6. The van der Waals surface area contributed by atoms with Gasteiger partial charge in [-0.1, -0.05) is 92.9 Å². The molecule has 1 nitrogen and oxygen atoms in total. The number of unbranched alkanes of at least 4 members (excludes halogenated alkanes) is 4. The van der Waals surface area contributed by atoms with E-state index in [2.05, 4.69) is 41.5 Å². The maximum Gasteiger partial charge on any atom is 0.0869 e. The molecular formula is C27H52O. The largest absolute Gasteiger partial charge is 0.369 e. The molecule has 166 valence electrons. The Morgan fingerprint density at radius 1 is 0.750 bits per heavy atom. The van der Waals surface area contributed by atoms with Crippen LogP contribution < -0.4 is 0 Å². The molecule has 0 spiro atoms. The van der Waals surface area contributed by atoms with E-state index < -0.39 is 0 Å². The summed E-state index contributed by atoms with van der Waals surface area (Å²) in [5, 5.41) is 0. The molecule has 0 aromatic heterocycles. The van der Waals surface area contributed by atoms with Gasteiger partial charge in [0.05, 0.1) is 12.2 Å². The first-order valence-corrected chi connectivity index (χ1v) is 13.1. The fraction of sp³-hybridized carbons (Fsp3) is 1.00. The van der Waals surface area contributed by atoms with Crippen molar-refractivity contribution >= 4 is 0 Å². The van der Waals surface area contributed by atoms with Crippen molar-refractivity contribution in [2.24, 2.45) is 35.5 Å². The average molecular weight is 393 g/mol. The second-order valence-electron chi connectivity index (χ2n) is 11.1. The fourth-order valence-corrected chi connectivity index (χ4v) is 5.63. The standard InChI is InChI=1S/C27H52O/c1-7-20(2)18-22(4)24(6)19-23(5)21(3)14-11-9-8-10-12-15-25-16-13-17-26-27(25)28-26/h20-27H,7-19H2,1-6H3. The van der Waals surface area contributed by atoms with Gasteiger partial charge in [-0.05, 0) is 67.6 Å². The van der Waals surface area contributed by atoms with Crippen molar-refractivity contribution in [3.63, 3.8) is 0 Å². The fourth-order valence-electron chi connectivity index (χ4n) is 5.63. The van der Waals surface area contributed by atoms with Gasteiger partial charge in [-0.15, -0.1) is 0 Å². The quantitative estimate of drug-likeness (QED) is 0.200. The van der Waals surface area contributed by atoms with Crippen LogP contribution in [0.3, 0.4) is 0 Å². The first-order valence-electron chi connectivity index (χ1n) is 13.1. The van der Waals surface area contributed by atoms with Crippen LogP contribution in [-0.2, 0) is 4.74 Å². The van der Waals surface area contributed by atoms with Gasteiger partial charge in [-0.25, -0.2) is 0 Å². The molecule has 0 radical (unpaired) electrons. The molecule has 2 fully saturated rings. The van der Waals surface area contributed by atoms with E-state index in [4.69, 9.17) is 4.74 Å². The molecular weight excluding hydrogens is 340 g/mol. The molecule has 1 saturated heterocycles. The van der Waals surface area contributed by atoms with Crippen LogP contribution in [0.4, 0.5) is 0 Å². The van der Waals surface area contributed by atoms with Crippen molar-refractivity contribution < 1.29 is 4.74 Å². The second kappa shape index (κ2) is 12.6. The van der Waals surface area contributed by atoms with E-state index in [1.165, 1.54) is 83.5 Å². The van der Waals surface area contributed by atoms with Gasteiger partial charge in [0, 0.05) is 0 Å². The minimum atomic E-state index is 0.669. The van der Waals surface area contributed by atoms with Crippen molar-refractivity contribution in [1.82, 2.24) is 0 Å². The number of epoxide rings is 1. The van der Waals surface area contributed by atoms with Crippen molar-refractivity contribution in [2.75, 3.05) is 0 Å². The smallest absolute Gasteiger partial charge is 0.0869 e. The molecule has 1 aliphatic carbocycles. The van der Waals surface area contributed by atoms with Crippen LogP contribution in [0.2, 0.25) is 0 Å². The molecule has 2 aliphatic rings. The van der Waals surface area contributed by atoms with Crippen LogP contribution in [0.1, 0.15) is 125 Å². The highest BCUT2D eigenvalue weighted by Gasteiger charge is 2.46. The summed E-state index contributed by atoms with van der Waals surface area (Å²) in [5.74, 6) is 5.33. The minimum absolute atomic E-state index is 0.669. The average Bonchev–Trinajstić information content (AvgIpc) is 3.47. The summed E-state index contributed by atoms with van der Waals surface area (Å²) in [5.41, 5.74) is 0. The Morgan fingerprint density at radius 3 is 2.14 bits per heavy atom. The molecule has 0 aromatic carbocycles. The van der Waals surface area contributed by atoms with E-state index in [0.29, 0.717) is 12.2 Å². The number of hydrogen-bond acceptors (Lipinski definition) is 1. The van der Waals surface area contributed by atoms with Gasteiger partial charge in [0.2, 0.25) is 0 Å². The molecule has 8 unspecified atom stereocenters. The topological polar surface area (TPSA) is 12.5 Å². The van der Waals surface area contributed by atoms with Crippen LogP contribution in [-0.4, -0.2) is 12.2 Å². The van der Waals surface area contributed by atoms with Crippen molar-refractivity contribution in [2.45, 2.75) is 137 Å². The van der Waals surface area contributed by atoms with Crippen LogP contribution in [0.15, 0.2) is 0 Å². The molecule has 1 aliphatic heterocycles. The van der Waals surface area contributed by atoms with E-state index in [1.807, 2.05) is 0 Å². The van der Waals surface area contributed by atoms with Gasteiger partial charge >= 0.3 is 0 Å². The molecule has 8 atom stereocenters. The maximum atomic E-state index is 5.80. The minimum Gasteiger partial charge on any atom is -0.369 e. The normalized spacial score (nSPS) is 29.6. The van der Waals surface area contributed by atoms with Gasteiger partial charge < -0.3 is 4.74 Å². The molecule has 2 rings (SSSR count). The molecule has 1 heteroatoms. The number of fused-ring (bicyclic) bond motifs is 1. The molecule has 0 N–H and O–H groups in total. The van der Waals surface area contributed by atoms with E-state index in [-0.39, 0.29) is 0 Å². The number of ether oxygens (including phenoxy) is 1. The van der Waals surface area contributed by atoms with Gasteiger partial charge in [0.1, 0.15) is 0 Å². The van der Waals surface area contributed by atoms with Gasteiger partial charge in [-0.2, -0.15) is 0 Å². The van der Waals surface area contributed by atoms with Gasteiger partial charge in [-0.3, -0.25) is 0 Å². The molecule has 1 heterocycles. The van der Waals surface area contributed by atoms with Crippen LogP contribution in [0.5, 0.6) is 0 Å². The van der Waals surface area contributed by atoms with E-state index in [0.717, 1.165) is 35.5 Å². The van der Waals surface area contributed by atoms with Crippen LogP contribution in [0, 0.1) is 35.5 Å². The zero-order valence-corrected chi connectivity index (χ0v) is 20.2. The summed E-state index contributed by atoms with van der Waals surface area (Å²) >= 11 is 0. The third kappa shape index (κ3) is 8.37. The molecule has 0 bridgehead atoms. The second-order valence-corrected chi connectivity index (χ2v) is 11.1. The zero-order valence-electron chi connectivity index (χ0n) is 20.2. The van der Waals surface area contributed by atoms with E-state index in [1.54, 1.807) is 0 Å². The number of rotatable bonds is 15. The first-order chi connectivity index (χ1) is 13.4. The van der Waals surface area contributed by atoms with Crippen molar-refractivity contribution in [1.29, 1.82) is 0 Å². The highest BCUT2D eigenvalue weighted by molar-refractivity contribution is 4.94. The lowest BCUT2D eigenvalue weighted by Gasteiger charge is -2.28. The Morgan fingerprint density at radius 2 is 1.39 bits per heavy atom. The lowest BCUT2D eigenvalue weighted by molar-refractivity contribution is 0.227. The van der Waals surface area contributed by atoms with Crippen LogP contribution >= 0.6 is 0 Å². The Bertz CT molecular complexity index is 405. The third-order valence-electron chi connectivity index (χ3n) is 8.54. The third-order valence-corrected chi connectivity index (χ3v) is 8.54. The summed E-state index contributed by atoms with van der Waals surface area (Å²) in [7, 11) is 0. The highest BCUT2D eigenvalue weighted by Crippen LogP contribution is 2.42. The van der Waals surface area contributed by atoms with Crippen molar-refractivity contribution in [3.8, 4) is 0 Å². The Kier molecular flexibility index (Phi) is 10.9. The summed E-state index contributed by atoms with van der Waals surface area (Å²) in [6, 6.07) is 0. The van der Waals surface area contributed by atoms with Crippen LogP contribution in [0.25, 0.3) is 0 Å². The molecule has 1 saturated carbocycles. The van der Waals surface area contributed by atoms with Gasteiger partial charge in [0.25, 0.3) is 0 Å². The van der Waals surface area contributed by atoms with E-state index in [9.17, 15) is 0 Å². The predicted molar refractivity (Wildman–Crippen MR) is 124 cm³/mol. The number of hydrogen-bond donors (Lipinski definition) is 0. The van der Waals surface area contributed by atoms with Crippen molar-refractivity contribution in [3.05, 3.63) is 0 Å². The van der Waals surface area contributed by atoms with Gasteiger partial charge in [0.15, 0.2) is 0 Å². The Hall–Kier alpha value is -0.0400. The Labute approximate surface area is 177 Å². The first kappa shape index (κ1) is 24.2. The monoisotopic (exact) mass is 392 g/mol. The summed E-state index contributed by atoms with van der Waals surface area (Å²) in [6.07, 6.45) is 19.8. The molecule has 28 heavy (non-hydrogen) atoms. The summed E-state index contributed by atoms with van der Waals surface area (Å²) < 4.78 is 5.80. The summed E-state index contributed by atoms with van der Waals surface area (Å²) in [6.45, 7) is 14.7. The lowest BCUT2D eigenvalue weighted by atomic mass is 9.78. The summed E-state index contributed by atoms with van der Waals surface area (Å²) in [4.78, 5) is 0. The maximum absolute atomic E-state index is 5.80. The molecule has 0 aromatic rings.